The van der Waals surface area contributed by atoms with Crippen molar-refractivity contribution in [2.75, 3.05) is 0 Å². The Labute approximate surface area is 264 Å². The summed E-state index contributed by atoms with van der Waals surface area (Å²) in [6.07, 6.45) is 9.17. The zero-order valence-electron chi connectivity index (χ0n) is 27.6. The molecule has 0 aromatic heterocycles. The number of fused-ring (bicyclic) bond motifs is 7. The highest BCUT2D eigenvalue weighted by atomic mass is 19.1. The molecule has 0 radical (unpaired) electrons. The molecular formula is C37H46FNO6. The fourth-order valence-electron chi connectivity index (χ4n) is 11.3. The standard InChI is InChI=1S/C37H46FNO6/c1-32(2)28-10-11-37(7)29(35(28,5)19-22(30(32)41)16-21-8-9-23(38)17-26(21)39(44)45)27(40)18-24-25-20-34(4,31(42)43)13-12-33(25,3)14-15-36(24,37)6/h8-9,16-18,25,28-29H,10-15,19-20H2,1-7H3,(H,42,43)/b22-16+/t25-,28-,29+,33+,34-,35-,36+,37+/m0/s1. The molecule has 5 aliphatic carbocycles. The second-order valence-corrected chi connectivity index (χ2v) is 16.9. The van der Waals surface area contributed by atoms with Gasteiger partial charge in [-0.05, 0) is 122 Å². The van der Waals surface area contributed by atoms with Crippen LogP contribution >= 0.6 is 0 Å². The summed E-state index contributed by atoms with van der Waals surface area (Å²) in [5.74, 6) is -1.96. The Morgan fingerprint density at radius 2 is 1.69 bits per heavy atom. The number of benzene rings is 1. The maximum absolute atomic E-state index is 14.7. The number of carboxylic acid groups (broad SMARTS) is 1. The van der Waals surface area contributed by atoms with E-state index in [1.165, 1.54) is 6.07 Å². The van der Waals surface area contributed by atoms with Gasteiger partial charge < -0.3 is 5.11 Å². The quantitative estimate of drug-likeness (QED) is 0.207. The minimum Gasteiger partial charge on any atom is -0.481 e. The van der Waals surface area contributed by atoms with Gasteiger partial charge in [0.15, 0.2) is 11.6 Å². The molecule has 45 heavy (non-hydrogen) atoms. The van der Waals surface area contributed by atoms with Crippen LogP contribution in [0.5, 0.6) is 0 Å². The third-order valence-corrected chi connectivity index (χ3v) is 14.2. The zero-order chi connectivity index (χ0) is 33.1. The summed E-state index contributed by atoms with van der Waals surface area (Å²) in [5.41, 5.74) is -1.68. The molecule has 5 aliphatic rings. The number of Topliss-reactive ketones (excluding diaryl/α,β-unsaturated/α-hetero) is 1. The number of nitro groups is 1. The van der Waals surface area contributed by atoms with Gasteiger partial charge in [-0.3, -0.25) is 24.5 Å². The molecule has 0 saturated heterocycles. The molecular weight excluding hydrogens is 573 g/mol. The number of halogens is 1. The summed E-state index contributed by atoms with van der Waals surface area (Å²) in [6, 6.07) is 3.38. The van der Waals surface area contributed by atoms with Crippen molar-refractivity contribution < 1.29 is 28.8 Å². The predicted molar refractivity (Wildman–Crippen MR) is 168 cm³/mol. The number of nitro benzene ring substituents is 1. The SMILES string of the molecule is CC1(C)C(=O)/C(=C/c2ccc(F)cc2[N+](=O)[O-])C[C@]2(C)[C@H]3C(=O)C=C4[C@@H]5C[C@@](C)(C(=O)O)CC[C@]5(C)CC[C@@]4(C)[C@]3(C)CC[C@@H]12. The van der Waals surface area contributed by atoms with Crippen molar-refractivity contribution >= 4 is 29.3 Å². The first-order chi connectivity index (χ1) is 20.7. The maximum atomic E-state index is 14.7. The molecule has 0 amide bonds. The Kier molecular flexibility index (Phi) is 6.84. The number of nitrogens with zero attached hydrogens (tertiary/aromatic N) is 1. The van der Waals surface area contributed by atoms with Crippen LogP contribution in [0.2, 0.25) is 0 Å². The van der Waals surface area contributed by atoms with Gasteiger partial charge in [0, 0.05) is 11.3 Å². The van der Waals surface area contributed by atoms with Gasteiger partial charge in [-0.1, -0.05) is 47.1 Å². The average Bonchev–Trinajstić information content (AvgIpc) is 2.94. The van der Waals surface area contributed by atoms with Crippen molar-refractivity contribution in [1.29, 1.82) is 0 Å². The van der Waals surface area contributed by atoms with E-state index in [0.29, 0.717) is 24.8 Å². The fourth-order valence-corrected chi connectivity index (χ4v) is 11.3. The van der Waals surface area contributed by atoms with Crippen LogP contribution in [0.15, 0.2) is 35.4 Å². The van der Waals surface area contributed by atoms with Crippen LogP contribution in [-0.2, 0) is 14.4 Å². The number of aliphatic carboxylic acids is 1. The minimum atomic E-state index is -0.829. The normalized spacial score (nSPS) is 43.0. The van der Waals surface area contributed by atoms with Gasteiger partial charge in [0.2, 0.25) is 0 Å². The molecule has 1 aromatic rings. The van der Waals surface area contributed by atoms with Crippen LogP contribution in [0.3, 0.4) is 0 Å². The Bertz CT molecular complexity index is 1610. The van der Waals surface area contributed by atoms with Gasteiger partial charge >= 0.3 is 5.97 Å². The van der Waals surface area contributed by atoms with E-state index >= 15 is 0 Å². The second kappa shape index (κ2) is 9.68. The van der Waals surface area contributed by atoms with Crippen molar-refractivity contribution in [2.45, 2.75) is 99.8 Å². The topological polar surface area (TPSA) is 115 Å². The molecule has 6 rings (SSSR count). The highest BCUT2D eigenvalue weighted by molar-refractivity contribution is 6.05. The Hall–Kier alpha value is -3.16. The monoisotopic (exact) mass is 619 g/mol. The van der Waals surface area contributed by atoms with Crippen molar-refractivity contribution in [2.24, 2.45) is 50.2 Å². The number of carbonyl (C=O) groups is 3. The van der Waals surface area contributed by atoms with Crippen molar-refractivity contribution in [3.8, 4) is 0 Å². The summed E-state index contributed by atoms with van der Waals surface area (Å²) in [6.45, 7) is 14.7. The van der Waals surface area contributed by atoms with Gasteiger partial charge in [0.05, 0.1) is 22.0 Å². The molecule has 1 aromatic carbocycles. The molecule has 0 bridgehead atoms. The average molecular weight is 620 g/mol. The van der Waals surface area contributed by atoms with Crippen molar-refractivity contribution in [1.82, 2.24) is 0 Å². The lowest BCUT2D eigenvalue weighted by Gasteiger charge is -2.70. The molecule has 4 saturated carbocycles. The lowest BCUT2D eigenvalue weighted by Crippen LogP contribution is -2.66. The Balaban J connectivity index is 1.48. The first-order valence-electron chi connectivity index (χ1n) is 16.4. The smallest absolute Gasteiger partial charge is 0.309 e. The van der Waals surface area contributed by atoms with Gasteiger partial charge in [-0.15, -0.1) is 0 Å². The summed E-state index contributed by atoms with van der Waals surface area (Å²) >= 11 is 0. The molecule has 0 heterocycles. The van der Waals surface area contributed by atoms with E-state index in [2.05, 4.69) is 27.7 Å². The Morgan fingerprint density at radius 3 is 2.33 bits per heavy atom. The van der Waals surface area contributed by atoms with Crippen LogP contribution in [0.1, 0.15) is 105 Å². The first-order valence-corrected chi connectivity index (χ1v) is 16.4. The van der Waals surface area contributed by atoms with Gasteiger partial charge in [-0.25, -0.2) is 4.39 Å². The van der Waals surface area contributed by atoms with Gasteiger partial charge in [0.1, 0.15) is 5.82 Å². The molecule has 1 N–H and O–H groups in total. The zero-order valence-corrected chi connectivity index (χ0v) is 27.6. The summed E-state index contributed by atoms with van der Waals surface area (Å²) in [4.78, 5) is 52.3. The van der Waals surface area contributed by atoms with Gasteiger partial charge in [0.25, 0.3) is 5.69 Å². The van der Waals surface area contributed by atoms with E-state index in [4.69, 9.17) is 0 Å². The number of ketones is 2. The fraction of sp³-hybridized carbons (Fsp3) is 0.649. The third-order valence-electron chi connectivity index (χ3n) is 14.2. The van der Waals surface area contributed by atoms with E-state index in [1.54, 1.807) is 6.08 Å². The van der Waals surface area contributed by atoms with E-state index in [9.17, 15) is 34.0 Å². The number of carbonyl (C=O) groups excluding carboxylic acids is 2. The molecule has 4 fully saturated rings. The highest BCUT2D eigenvalue weighted by Crippen LogP contribution is 2.75. The summed E-state index contributed by atoms with van der Waals surface area (Å²) in [5, 5.41) is 22.0. The number of carboxylic acids is 1. The number of hydrogen-bond donors (Lipinski definition) is 1. The summed E-state index contributed by atoms with van der Waals surface area (Å²) < 4.78 is 14.0. The molecule has 7 nitrogen and oxygen atoms in total. The molecule has 0 unspecified atom stereocenters. The lowest BCUT2D eigenvalue weighted by atomic mass is 9.33. The number of hydrogen-bond acceptors (Lipinski definition) is 5. The van der Waals surface area contributed by atoms with Crippen LogP contribution < -0.4 is 0 Å². The number of rotatable bonds is 3. The maximum Gasteiger partial charge on any atom is 0.309 e. The molecule has 0 spiro atoms. The predicted octanol–water partition coefficient (Wildman–Crippen LogP) is 8.36. The summed E-state index contributed by atoms with van der Waals surface area (Å²) in [7, 11) is 0. The van der Waals surface area contributed by atoms with Gasteiger partial charge in [-0.2, -0.15) is 0 Å². The molecule has 8 atom stereocenters. The minimum absolute atomic E-state index is 0.0113. The van der Waals surface area contributed by atoms with E-state index in [-0.39, 0.29) is 45.7 Å². The van der Waals surface area contributed by atoms with E-state index in [1.807, 2.05) is 26.8 Å². The van der Waals surface area contributed by atoms with Crippen LogP contribution in [0, 0.1) is 66.2 Å². The first kappa shape index (κ1) is 31.8. The van der Waals surface area contributed by atoms with E-state index < -0.39 is 44.1 Å². The van der Waals surface area contributed by atoms with Crippen molar-refractivity contribution in [3.05, 3.63) is 56.9 Å². The molecule has 242 valence electrons. The molecule has 8 heteroatoms. The third kappa shape index (κ3) is 4.22. The molecule has 0 aliphatic heterocycles. The Morgan fingerprint density at radius 1 is 1.02 bits per heavy atom. The van der Waals surface area contributed by atoms with Crippen LogP contribution in [0.4, 0.5) is 10.1 Å². The van der Waals surface area contributed by atoms with Crippen LogP contribution in [-0.4, -0.2) is 27.6 Å². The van der Waals surface area contributed by atoms with Crippen molar-refractivity contribution in [3.63, 3.8) is 0 Å². The second-order valence-electron chi connectivity index (χ2n) is 16.9. The largest absolute Gasteiger partial charge is 0.481 e. The number of allylic oxidation sites excluding steroid dienone is 3. The van der Waals surface area contributed by atoms with E-state index in [0.717, 1.165) is 49.8 Å². The highest BCUT2D eigenvalue weighted by Gasteiger charge is 2.70. The lowest BCUT2D eigenvalue weighted by molar-refractivity contribution is -0.385. The van der Waals surface area contributed by atoms with Crippen LogP contribution in [0.25, 0.3) is 6.08 Å².